The number of hydrogen-bond donors (Lipinski definition) is 1. The molecule has 0 bridgehead atoms. The second-order valence-corrected chi connectivity index (χ2v) is 5.06. The van der Waals surface area contributed by atoms with E-state index in [4.69, 9.17) is 9.47 Å². The summed E-state index contributed by atoms with van der Waals surface area (Å²) >= 11 is 0. The van der Waals surface area contributed by atoms with Crippen molar-refractivity contribution in [2.45, 2.75) is 46.3 Å². The number of nitrogens with zero attached hydrogens (tertiary/aromatic N) is 4. The van der Waals surface area contributed by atoms with Crippen LogP contribution in [0.3, 0.4) is 0 Å². The molecule has 0 aromatic carbocycles. The number of rotatable bonds is 6. The largest absolute Gasteiger partial charge is 0.464 e. The molecule has 7 nitrogen and oxygen atoms in total. The smallest absolute Gasteiger partial charge is 0.323 e. The zero-order valence-corrected chi connectivity index (χ0v) is 13.3. The summed E-state index contributed by atoms with van der Waals surface area (Å²) in [6.45, 7) is 10.9. The van der Waals surface area contributed by atoms with Crippen molar-refractivity contribution < 1.29 is 9.47 Å². The van der Waals surface area contributed by atoms with E-state index in [1.807, 2.05) is 13.8 Å². The highest BCUT2D eigenvalue weighted by atomic mass is 16.5. The van der Waals surface area contributed by atoms with Gasteiger partial charge in [-0.1, -0.05) is 6.92 Å². The van der Waals surface area contributed by atoms with Crippen LogP contribution in [0.1, 0.15) is 34.1 Å². The molecule has 21 heavy (non-hydrogen) atoms. The van der Waals surface area contributed by atoms with Gasteiger partial charge in [0.15, 0.2) is 0 Å². The normalized spacial score (nSPS) is 22.2. The summed E-state index contributed by atoms with van der Waals surface area (Å²) in [4.78, 5) is 15.4. The molecule has 1 fully saturated rings. The second-order valence-electron chi connectivity index (χ2n) is 5.06. The summed E-state index contributed by atoms with van der Waals surface area (Å²) in [5, 5.41) is 3.13. The van der Waals surface area contributed by atoms with E-state index >= 15 is 0 Å². The minimum absolute atomic E-state index is 0.169. The van der Waals surface area contributed by atoms with E-state index in [1.165, 1.54) is 0 Å². The van der Waals surface area contributed by atoms with Crippen molar-refractivity contribution in [3.8, 4) is 6.01 Å². The zero-order chi connectivity index (χ0) is 15.2. The molecule has 1 aromatic heterocycles. The molecule has 2 atom stereocenters. The maximum atomic E-state index is 5.73. The first-order chi connectivity index (χ1) is 10.2. The van der Waals surface area contributed by atoms with Crippen LogP contribution in [-0.2, 0) is 4.74 Å². The molecule has 0 saturated carbocycles. The van der Waals surface area contributed by atoms with Crippen LogP contribution in [0.25, 0.3) is 0 Å². The monoisotopic (exact) mass is 295 g/mol. The maximum Gasteiger partial charge on any atom is 0.323 e. The van der Waals surface area contributed by atoms with Gasteiger partial charge in [-0.3, -0.25) is 0 Å². The summed E-state index contributed by atoms with van der Waals surface area (Å²) in [7, 11) is 0. The van der Waals surface area contributed by atoms with Gasteiger partial charge in [0.05, 0.1) is 25.4 Å². The third-order valence-corrected chi connectivity index (χ3v) is 3.41. The Morgan fingerprint density at radius 3 is 2.76 bits per heavy atom. The fourth-order valence-corrected chi connectivity index (χ4v) is 2.33. The van der Waals surface area contributed by atoms with Gasteiger partial charge < -0.3 is 19.7 Å². The van der Waals surface area contributed by atoms with Gasteiger partial charge >= 0.3 is 6.01 Å². The highest BCUT2D eigenvalue weighted by Gasteiger charge is 2.28. The first-order valence-corrected chi connectivity index (χ1v) is 7.68. The summed E-state index contributed by atoms with van der Waals surface area (Å²) in [5.74, 6) is 1.21. The van der Waals surface area contributed by atoms with Crippen LogP contribution >= 0.6 is 0 Å². The van der Waals surface area contributed by atoms with E-state index in [2.05, 4.69) is 39.0 Å². The lowest BCUT2D eigenvalue weighted by molar-refractivity contribution is 0.0292. The van der Waals surface area contributed by atoms with Gasteiger partial charge in [-0.15, -0.1) is 0 Å². The highest BCUT2D eigenvalue weighted by molar-refractivity contribution is 5.40. The van der Waals surface area contributed by atoms with Crippen molar-refractivity contribution >= 4 is 11.9 Å². The van der Waals surface area contributed by atoms with Gasteiger partial charge in [0, 0.05) is 13.1 Å². The quantitative estimate of drug-likeness (QED) is 0.856. The summed E-state index contributed by atoms with van der Waals surface area (Å²) in [5.41, 5.74) is 0. The first-order valence-electron chi connectivity index (χ1n) is 7.68. The Balaban J connectivity index is 2.30. The van der Waals surface area contributed by atoms with Crippen LogP contribution in [0.2, 0.25) is 0 Å². The van der Waals surface area contributed by atoms with Crippen LogP contribution in [0, 0.1) is 0 Å². The van der Waals surface area contributed by atoms with E-state index in [1.54, 1.807) is 0 Å². The van der Waals surface area contributed by atoms with Crippen LogP contribution in [0.5, 0.6) is 6.01 Å². The molecule has 0 spiro atoms. The van der Waals surface area contributed by atoms with Crippen molar-refractivity contribution in [1.29, 1.82) is 0 Å². The molecule has 2 rings (SSSR count). The average molecular weight is 295 g/mol. The van der Waals surface area contributed by atoms with E-state index in [-0.39, 0.29) is 12.1 Å². The van der Waals surface area contributed by atoms with Crippen LogP contribution in [0.15, 0.2) is 0 Å². The molecule has 0 aliphatic carbocycles. The first kappa shape index (κ1) is 15.8. The number of morpholine rings is 1. The van der Waals surface area contributed by atoms with Crippen LogP contribution in [0.4, 0.5) is 11.9 Å². The molecule has 1 aromatic rings. The Morgan fingerprint density at radius 1 is 1.29 bits per heavy atom. The minimum Gasteiger partial charge on any atom is -0.464 e. The third-order valence-electron chi connectivity index (χ3n) is 3.41. The van der Waals surface area contributed by atoms with Crippen molar-refractivity contribution in [3.05, 3.63) is 0 Å². The Kier molecular flexibility index (Phi) is 5.55. The summed E-state index contributed by atoms with van der Waals surface area (Å²) in [6.07, 6.45) is 1.15. The number of hydrogen-bond acceptors (Lipinski definition) is 7. The average Bonchev–Trinajstić information content (AvgIpc) is 2.47. The summed E-state index contributed by atoms with van der Waals surface area (Å²) < 4.78 is 11.2. The number of aromatic nitrogens is 3. The Hall–Kier alpha value is -1.63. The minimum atomic E-state index is 0.169. The van der Waals surface area contributed by atoms with Crippen molar-refractivity contribution in [2.75, 3.05) is 36.5 Å². The number of anilines is 2. The van der Waals surface area contributed by atoms with Crippen LogP contribution < -0.4 is 15.0 Å². The molecule has 1 aliphatic heterocycles. The van der Waals surface area contributed by atoms with Gasteiger partial charge in [-0.2, -0.15) is 15.0 Å². The molecular formula is C14H25N5O2. The molecule has 1 N–H and O–H groups in total. The van der Waals surface area contributed by atoms with Gasteiger partial charge in [-0.05, 0) is 27.2 Å². The van der Waals surface area contributed by atoms with Crippen molar-refractivity contribution in [2.24, 2.45) is 0 Å². The van der Waals surface area contributed by atoms with Crippen LogP contribution in [-0.4, -0.2) is 53.4 Å². The topological polar surface area (TPSA) is 72.4 Å². The molecular weight excluding hydrogens is 270 g/mol. The van der Waals surface area contributed by atoms with E-state index in [0.717, 1.165) is 19.5 Å². The molecule has 2 unspecified atom stereocenters. The Bertz CT molecular complexity index is 433. The number of nitrogens with one attached hydrogen (secondary N) is 1. The fourth-order valence-electron chi connectivity index (χ4n) is 2.33. The van der Waals surface area contributed by atoms with Gasteiger partial charge in [0.25, 0.3) is 0 Å². The lowest BCUT2D eigenvalue weighted by atomic mass is 10.1. The molecule has 2 heterocycles. The molecule has 0 radical (unpaired) electrons. The second kappa shape index (κ2) is 7.40. The molecule has 0 amide bonds. The Labute approximate surface area is 126 Å². The van der Waals surface area contributed by atoms with E-state index < -0.39 is 0 Å². The number of ether oxygens (including phenoxy) is 2. The molecule has 1 saturated heterocycles. The van der Waals surface area contributed by atoms with Gasteiger partial charge in [-0.25, -0.2) is 0 Å². The standard InChI is InChI=1S/C14H25N5O2/c1-5-11-9-21-10(4)8-19(11)13-16-12(15-6-2)17-14(18-13)20-7-3/h10-11H,5-9H2,1-4H3,(H,15,16,17,18). The molecule has 7 heteroatoms. The Morgan fingerprint density at radius 2 is 2.10 bits per heavy atom. The predicted molar refractivity (Wildman–Crippen MR) is 82.0 cm³/mol. The van der Waals surface area contributed by atoms with E-state index in [0.29, 0.717) is 31.1 Å². The lowest BCUT2D eigenvalue weighted by Crippen LogP contribution is -2.49. The SMILES string of the molecule is CCNc1nc(OCC)nc(N2CC(C)OCC2CC)n1. The molecule has 118 valence electrons. The third kappa shape index (κ3) is 3.93. The summed E-state index contributed by atoms with van der Waals surface area (Å²) in [6, 6.07) is 0.653. The van der Waals surface area contributed by atoms with Crippen molar-refractivity contribution in [1.82, 2.24) is 15.0 Å². The highest BCUT2D eigenvalue weighted by Crippen LogP contribution is 2.22. The van der Waals surface area contributed by atoms with Gasteiger partial charge in [0.2, 0.25) is 11.9 Å². The predicted octanol–water partition coefficient (Wildman–Crippen LogP) is 1.71. The lowest BCUT2D eigenvalue weighted by Gasteiger charge is -2.38. The van der Waals surface area contributed by atoms with Gasteiger partial charge in [0.1, 0.15) is 0 Å². The molecule has 1 aliphatic rings. The maximum absolute atomic E-state index is 5.73. The zero-order valence-electron chi connectivity index (χ0n) is 13.3. The fraction of sp³-hybridized carbons (Fsp3) is 0.786. The van der Waals surface area contributed by atoms with Crippen molar-refractivity contribution in [3.63, 3.8) is 0 Å². The van der Waals surface area contributed by atoms with E-state index in [9.17, 15) is 0 Å².